The van der Waals surface area contributed by atoms with Crippen molar-refractivity contribution in [1.29, 1.82) is 0 Å². The van der Waals surface area contributed by atoms with E-state index in [9.17, 15) is 18.4 Å². The first-order chi connectivity index (χ1) is 15.4. The molecule has 176 valence electrons. The fourth-order valence-corrected chi connectivity index (χ4v) is 3.20. The molecule has 0 atom stereocenters. The van der Waals surface area contributed by atoms with Crippen LogP contribution in [-0.2, 0) is 22.5 Å². The van der Waals surface area contributed by atoms with Crippen LogP contribution in [0.3, 0.4) is 0 Å². The summed E-state index contributed by atoms with van der Waals surface area (Å²) in [5.41, 5.74) is 1.37. The second kappa shape index (κ2) is 9.47. The second-order valence-corrected chi connectivity index (χ2v) is 8.53. The highest BCUT2D eigenvalue weighted by atomic mass is 19.1. The molecular weight excluding hydrogens is 434 g/mol. The monoisotopic (exact) mass is 460 g/mol. The van der Waals surface area contributed by atoms with Crippen LogP contribution < -0.4 is 10.6 Å². The molecule has 9 nitrogen and oxygen atoms in total. The number of alkyl carbamates (subject to hydrolysis) is 1. The van der Waals surface area contributed by atoms with Gasteiger partial charge >= 0.3 is 6.09 Å². The van der Waals surface area contributed by atoms with Gasteiger partial charge in [-0.2, -0.15) is 4.98 Å². The number of aryl methyl sites for hydroxylation is 2. The number of anilines is 1. The van der Waals surface area contributed by atoms with Gasteiger partial charge in [-0.15, -0.1) is 5.10 Å². The van der Waals surface area contributed by atoms with Gasteiger partial charge in [0.2, 0.25) is 5.91 Å². The minimum atomic E-state index is -0.713. The summed E-state index contributed by atoms with van der Waals surface area (Å²) < 4.78 is 33.8. The van der Waals surface area contributed by atoms with E-state index >= 15 is 0 Å². The van der Waals surface area contributed by atoms with Gasteiger partial charge in [0.25, 0.3) is 5.78 Å². The number of nitrogens with one attached hydrogen (secondary N) is 2. The van der Waals surface area contributed by atoms with Crippen LogP contribution in [0.5, 0.6) is 0 Å². The van der Waals surface area contributed by atoms with Crippen molar-refractivity contribution >= 4 is 23.5 Å². The highest BCUT2D eigenvalue weighted by Crippen LogP contribution is 2.18. The number of benzene rings is 1. The van der Waals surface area contributed by atoms with Crippen molar-refractivity contribution in [2.24, 2.45) is 0 Å². The van der Waals surface area contributed by atoms with Gasteiger partial charge in [-0.3, -0.25) is 4.79 Å². The molecule has 0 aliphatic carbocycles. The molecule has 2 N–H and O–H groups in total. The Morgan fingerprint density at radius 1 is 1.15 bits per heavy atom. The van der Waals surface area contributed by atoms with Crippen molar-refractivity contribution in [2.75, 3.05) is 5.32 Å². The number of rotatable bonds is 6. The summed E-state index contributed by atoms with van der Waals surface area (Å²) in [5.74, 6) is -1.10. The Morgan fingerprint density at radius 3 is 2.58 bits per heavy atom. The average Bonchev–Trinajstić information content (AvgIpc) is 3.11. The van der Waals surface area contributed by atoms with Crippen LogP contribution in [0, 0.1) is 25.5 Å². The van der Waals surface area contributed by atoms with Crippen molar-refractivity contribution in [3.8, 4) is 0 Å². The third kappa shape index (κ3) is 6.21. The molecule has 0 aliphatic rings. The number of halogens is 2. The van der Waals surface area contributed by atoms with Crippen LogP contribution >= 0.6 is 0 Å². The summed E-state index contributed by atoms with van der Waals surface area (Å²) >= 11 is 0. The molecule has 0 bridgehead atoms. The Hall–Kier alpha value is -3.63. The number of aromatic nitrogens is 4. The SMILES string of the molecule is Cc1nc2nc(CNC(=O)OC(C)(C)C)nn2c(C)c1CCC(=O)Nc1cc(F)ccc1F. The Bertz CT molecular complexity index is 1200. The molecule has 1 aromatic carbocycles. The molecular formula is C22H26F2N6O3. The Morgan fingerprint density at radius 2 is 1.88 bits per heavy atom. The van der Waals surface area contributed by atoms with E-state index in [2.05, 4.69) is 25.7 Å². The van der Waals surface area contributed by atoms with Crippen molar-refractivity contribution < 1.29 is 23.1 Å². The third-order valence-electron chi connectivity index (χ3n) is 4.69. The van der Waals surface area contributed by atoms with Gasteiger partial charge in [-0.05, 0) is 58.7 Å². The quantitative estimate of drug-likeness (QED) is 0.581. The molecule has 0 saturated heterocycles. The third-order valence-corrected chi connectivity index (χ3v) is 4.69. The molecule has 0 unspecified atom stereocenters. The summed E-state index contributed by atoms with van der Waals surface area (Å²) in [5, 5.41) is 9.36. The maximum absolute atomic E-state index is 13.7. The summed E-state index contributed by atoms with van der Waals surface area (Å²) in [7, 11) is 0. The number of carbonyl (C=O) groups excluding carboxylic acids is 2. The predicted octanol–water partition coefficient (Wildman–Crippen LogP) is 3.62. The molecule has 0 spiro atoms. The van der Waals surface area contributed by atoms with E-state index in [1.165, 1.54) is 0 Å². The van der Waals surface area contributed by atoms with Crippen LogP contribution in [0.4, 0.5) is 19.3 Å². The van der Waals surface area contributed by atoms with E-state index in [1.54, 1.807) is 32.2 Å². The maximum Gasteiger partial charge on any atom is 0.408 e. The highest BCUT2D eigenvalue weighted by Gasteiger charge is 2.18. The predicted molar refractivity (Wildman–Crippen MR) is 117 cm³/mol. The zero-order valence-electron chi connectivity index (χ0n) is 19.1. The molecule has 0 aliphatic heterocycles. The first kappa shape index (κ1) is 24.0. The van der Waals surface area contributed by atoms with E-state index < -0.39 is 29.2 Å². The first-order valence-electron chi connectivity index (χ1n) is 10.4. The van der Waals surface area contributed by atoms with Crippen molar-refractivity contribution in [3.05, 3.63) is 52.6 Å². The van der Waals surface area contributed by atoms with E-state index in [0.717, 1.165) is 29.5 Å². The van der Waals surface area contributed by atoms with E-state index in [1.807, 2.05) is 6.92 Å². The molecule has 33 heavy (non-hydrogen) atoms. The number of carbonyl (C=O) groups is 2. The fraction of sp³-hybridized carbons (Fsp3) is 0.409. The maximum atomic E-state index is 13.7. The van der Waals surface area contributed by atoms with Gasteiger partial charge in [-0.25, -0.2) is 23.1 Å². The zero-order valence-corrected chi connectivity index (χ0v) is 19.1. The van der Waals surface area contributed by atoms with Gasteiger partial charge in [0.05, 0.1) is 12.2 Å². The highest BCUT2D eigenvalue weighted by molar-refractivity contribution is 5.91. The summed E-state index contributed by atoms with van der Waals surface area (Å²) in [6.07, 6.45) is -0.231. The topological polar surface area (TPSA) is 111 Å². The molecule has 11 heteroatoms. The lowest BCUT2D eigenvalue weighted by Crippen LogP contribution is -2.32. The zero-order chi connectivity index (χ0) is 24.3. The Labute approximate surface area is 189 Å². The smallest absolute Gasteiger partial charge is 0.408 e. The summed E-state index contributed by atoms with van der Waals surface area (Å²) in [6, 6.07) is 2.87. The number of amides is 2. The number of hydrogen-bond donors (Lipinski definition) is 2. The second-order valence-electron chi connectivity index (χ2n) is 8.53. The normalized spacial score (nSPS) is 11.5. The van der Waals surface area contributed by atoms with Gasteiger partial charge < -0.3 is 15.4 Å². The van der Waals surface area contributed by atoms with Crippen LogP contribution in [0.25, 0.3) is 5.78 Å². The number of hydrogen-bond acceptors (Lipinski definition) is 6. The van der Waals surface area contributed by atoms with Crippen LogP contribution in [-0.4, -0.2) is 37.2 Å². The Kier molecular flexibility index (Phi) is 6.89. The minimum absolute atomic E-state index is 0.0343. The van der Waals surface area contributed by atoms with Crippen LogP contribution in [0.2, 0.25) is 0 Å². The number of ether oxygens (including phenoxy) is 1. The molecule has 2 heterocycles. The lowest BCUT2D eigenvalue weighted by Gasteiger charge is -2.19. The molecule has 0 fully saturated rings. The summed E-state index contributed by atoms with van der Waals surface area (Å²) in [6.45, 7) is 8.97. The fourth-order valence-electron chi connectivity index (χ4n) is 3.20. The number of fused-ring (bicyclic) bond motifs is 1. The lowest BCUT2D eigenvalue weighted by atomic mass is 10.1. The van der Waals surface area contributed by atoms with Gasteiger partial charge in [-0.1, -0.05) is 0 Å². The number of nitrogens with zero attached hydrogens (tertiary/aromatic N) is 4. The molecule has 3 aromatic rings. The van der Waals surface area contributed by atoms with E-state index in [4.69, 9.17) is 4.74 Å². The molecule has 2 amide bonds. The molecule has 2 aromatic heterocycles. The standard InChI is InChI=1S/C22H26F2N6O3/c1-12-15(7-9-19(31)27-17-10-14(23)6-8-16(17)24)13(2)30-20(26-12)28-18(29-30)11-25-21(32)33-22(3,4)5/h6,8,10H,7,9,11H2,1-5H3,(H,25,32)(H,27,31). The van der Waals surface area contributed by atoms with Gasteiger partial charge in [0, 0.05) is 23.9 Å². The van der Waals surface area contributed by atoms with Crippen molar-refractivity contribution in [2.45, 2.75) is 59.6 Å². The average molecular weight is 460 g/mol. The van der Waals surface area contributed by atoms with Crippen molar-refractivity contribution in [3.63, 3.8) is 0 Å². The lowest BCUT2D eigenvalue weighted by molar-refractivity contribution is -0.116. The largest absolute Gasteiger partial charge is 0.444 e. The van der Waals surface area contributed by atoms with E-state index in [0.29, 0.717) is 23.7 Å². The molecule has 0 saturated carbocycles. The van der Waals surface area contributed by atoms with E-state index in [-0.39, 0.29) is 18.7 Å². The minimum Gasteiger partial charge on any atom is -0.444 e. The van der Waals surface area contributed by atoms with Crippen molar-refractivity contribution in [1.82, 2.24) is 24.9 Å². The summed E-state index contributed by atoms with van der Waals surface area (Å²) in [4.78, 5) is 32.9. The van der Waals surface area contributed by atoms with Crippen LogP contribution in [0.1, 0.15) is 50.0 Å². The molecule has 0 radical (unpaired) electrons. The molecule has 3 rings (SSSR count). The van der Waals surface area contributed by atoms with Crippen LogP contribution in [0.15, 0.2) is 18.2 Å². The van der Waals surface area contributed by atoms with Gasteiger partial charge in [0.15, 0.2) is 5.82 Å². The first-order valence-corrected chi connectivity index (χ1v) is 10.4. The van der Waals surface area contributed by atoms with Gasteiger partial charge in [0.1, 0.15) is 17.2 Å². The Balaban J connectivity index is 1.69.